The van der Waals surface area contributed by atoms with Gasteiger partial charge in [-0.05, 0) is 52.9 Å². The highest BCUT2D eigenvalue weighted by Gasteiger charge is 2.15. The molecule has 0 radical (unpaired) electrons. The fourth-order valence-corrected chi connectivity index (χ4v) is 2.63. The second-order valence-electron chi connectivity index (χ2n) is 4.04. The Balaban J connectivity index is 2.28. The Labute approximate surface area is 137 Å². The fraction of sp³-hybridized carbons (Fsp3) is 0. The Morgan fingerprint density at radius 3 is 2.33 bits per heavy atom. The van der Waals surface area contributed by atoms with Crippen LogP contribution in [0.15, 0.2) is 30.3 Å². The summed E-state index contributed by atoms with van der Waals surface area (Å²) >= 11 is 7.80. The van der Waals surface area contributed by atoms with Crippen molar-refractivity contribution in [1.29, 1.82) is 0 Å². The van der Waals surface area contributed by atoms with Crippen molar-refractivity contribution in [2.45, 2.75) is 0 Å². The monoisotopic (exact) mass is 423 g/mol. The van der Waals surface area contributed by atoms with Gasteiger partial charge in [0.2, 0.25) is 0 Å². The van der Waals surface area contributed by atoms with E-state index < -0.39 is 23.2 Å². The molecule has 2 rings (SSSR count). The molecule has 0 spiro atoms. The molecular weight excluding hydrogens is 415 g/mol. The van der Waals surface area contributed by atoms with Gasteiger partial charge in [-0.2, -0.15) is 0 Å². The lowest BCUT2D eigenvalue weighted by Gasteiger charge is -2.10. The third-order valence-corrected chi connectivity index (χ3v) is 3.76. The molecule has 1 amide bonds. The zero-order chi connectivity index (χ0) is 15.6. The van der Waals surface area contributed by atoms with Crippen LogP contribution in [0.5, 0.6) is 0 Å². The summed E-state index contributed by atoms with van der Waals surface area (Å²) in [4.78, 5) is 12.0. The molecule has 110 valence electrons. The van der Waals surface area contributed by atoms with E-state index in [1.54, 1.807) is 18.2 Å². The van der Waals surface area contributed by atoms with E-state index in [0.29, 0.717) is 14.3 Å². The van der Waals surface area contributed by atoms with Crippen molar-refractivity contribution in [2.75, 3.05) is 10.7 Å². The van der Waals surface area contributed by atoms with E-state index in [9.17, 15) is 13.6 Å². The molecule has 4 nitrogen and oxygen atoms in total. The van der Waals surface area contributed by atoms with Crippen LogP contribution in [-0.2, 0) is 0 Å². The van der Waals surface area contributed by atoms with Gasteiger partial charge in [0.15, 0.2) is 11.6 Å². The van der Waals surface area contributed by atoms with Crippen LogP contribution in [0.2, 0.25) is 5.02 Å². The van der Waals surface area contributed by atoms with Crippen molar-refractivity contribution in [3.05, 3.63) is 56.1 Å². The zero-order valence-corrected chi connectivity index (χ0v) is 13.3. The van der Waals surface area contributed by atoms with Crippen molar-refractivity contribution < 1.29 is 13.6 Å². The average molecular weight is 424 g/mol. The van der Waals surface area contributed by atoms with Crippen LogP contribution in [0.1, 0.15) is 10.4 Å². The summed E-state index contributed by atoms with van der Waals surface area (Å²) in [5.74, 6) is 2.45. The number of nitrogens with two attached hydrogens (primary N) is 1. The minimum absolute atomic E-state index is 0.158. The fourth-order valence-electron chi connectivity index (χ4n) is 1.63. The van der Waals surface area contributed by atoms with Gasteiger partial charge in [0.1, 0.15) is 5.69 Å². The average Bonchev–Trinajstić information content (AvgIpc) is 2.41. The molecular formula is C13H9ClF2IN3O. The zero-order valence-electron chi connectivity index (χ0n) is 10.4. The molecule has 4 N–H and O–H groups in total. The molecule has 2 aromatic rings. The number of carbonyl (C=O) groups is 1. The summed E-state index contributed by atoms with van der Waals surface area (Å²) in [7, 11) is 0. The standard InChI is InChI=1S/C13H9ClF2IN3O/c14-7-1-2-11(10(17)5-7)19-13(21)6-3-8(15)12(20-18)9(16)4-6/h1-5,20H,18H2,(H,19,21). The van der Waals surface area contributed by atoms with Gasteiger partial charge in [-0.3, -0.25) is 10.6 Å². The van der Waals surface area contributed by atoms with E-state index in [1.807, 2.05) is 28.0 Å². The normalized spacial score (nSPS) is 10.3. The second kappa shape index (κ2) is 6.54. The summed E-state index contributed by atoms with van der Waals surface area (Å²) in [6.07, 6.45) is 0. The van der Waals surface area contributed by atoms with Crippen molar-refractivity contribution in [1.82, 2.24) is 0 Å². The van der Waals surface area contributed by atoms with Crippen molar-refractivity contribution >= 4 is 51.5 Å². The van der Waals surface area contributed by atoms with Crippen molar-refractivity contribution in [3.63, 3.8) is 0 Å². The van der Waals surface area contributed by atoms with Gasteiger partial charge in [-0.1, -0.05) is 11.6 Å². The highest BCUT2D eigenvalue weighted by atomic mass is 127. The first kappa shape index (κ1) is 15.9. The summed E-state index contributed by atoms with van der Waals surface area (Å²) in [6, 6.07) is 6.65. The molecule has 0 aromatic heterocycles. The minimum Gasteiger partial charge on any atom is -0.321 e. The Morgan fingerprint density at radius 1 is 1.19 bits per heavy atom. The smallest absolute Gasteiger partial charge is 0.255 e. The molecule has 0 atom stereocenters. The molecule has 0 saturated carbocycles. The van der Waals surface area contributed by atoms with Gasteiger partial charge in [0.25, 0.3) is 5.91 Å². The van der Waals surface area contributed by atoms with Gasteiger partial charge in [-0.25, -0.2) is 8.78 Å². The van der Waals surface area contributed by atoms with Crippen LogP contribution in [0.25, 0.3) is 0 Å². The first-order chi connectivity index (χ1) is 9.92. The minimum atomic E-state index is -0.951. The molecule has 21 heavy (non-hydrogen) atoms. The quantitative estimate of drug-likeness (QED) is 0.400. The molecule has 0 aliphatic carbocycles. The number of anilines is 2. The van der Waals surface area contributed by atoms with Crippen molar-refractivity contribution in [2.24, 2.45) is 5.84 Å². The molecule has 8 heteroatoms. The number of amides is 1. The second-order valence-corrected chi connectivity index (χ2v) is 5.64. The van der Waals surface area contributed by atoms with Crippen LogP contribution in [0, 0.1) is 15.2 Å². The van der Waals surface area contributed by atoms with E-state index in [4.69, 9.17) is 17.4 Å². The van der Waals surface area contributed by atoms with E-state index in [1.165, 1.54) is 0 Å². The van der Waals surface area contributed by atoms with E-state index >= 15 is 0 Å². The topological polar surface area (TPSA) is 67.1 Å². The lowest BCUT2D eigenvalue weighted by atomic mass is 10.1. The Morgan fingerprint density at radius 2 is 1.81 bits per heavy atom. The molecule has 2 aromatic carbocycles. The van der Waals surface area contributed by atoms with Crippen LogP contribution < -0.4 is 16.6 Å². The highest BCUT2D eigenvalue weighted by molar-refractivity contribution is 14.1. The molecule has 0 aliphatic heterocycles. The van der Waals surface area contributed by atoms with Gasteiger partial charge in [-0.15, -0.1) is 0 Å². The number of rotatable bonds is 3. The first-order valence-electron chi connectivity index (χ1n) is 5.64. The molecule has 0 heterocycles. The predicted octanol–water partition coefficient (Wildman–Crippen LogP) is 3.76. The molecule has 0 saturated heterocycles. The lowest BCUT2D eigenvalue weighted by Crippen LogP contribution is -2.16. The maximum absolute atomic E-state index is 13.6. The maximum atomic E-state index is 13.6. The van der Waals surface area contributed by atoms with Gasteiger partial charge >= 0.3 is 0 Å². The molecule has 0 aliphatic rings. The van der Waals surface area contributed by atoms with Crippen LogP contribution in [0.3, 0.4) is 0 Å². The summed E-state index contributed by atoms with van der Waals surface area (Å²) in [6.45, 7) is 0. The Bertz CT molecular complexity index is 689. The first-order valence-corrected chi connectivity index (χ1v) is 7.10. The number of hydrogen-bond donors (Lipinski definition) is 3. The Kier molecular flexibility index (Phi) is 4.96. The predicted molar refractivity (Wildman–Crippen MR) is 86.3 cm³/mol. The lowest BCUT2D eigenvalue weighted by molar-refractivity contribution is 0.102. The number of hydrogen-bond acceptors (Lipinski definition) is 3. The van der Waals surface area contributed by atoms with Crippen LogP contribution in [-0.4, -0.2) is 5.91 Å². The van der Waals surface area contributed by atoms with E-state index in [0.717, 1.165) is 12.1 Å². The number of carbonyl (C=O) groups excluding carboxylic acids is 1. The van der Waals surface area contributed by atoms with E-state index in [2.05, 4.69) is 5.32 Å². The third kappa shape index (κ3) is 3.60. The number of halogens is 4. The van der Waals surface area contributed by atoms with Crippen LogP contribution in [0.4, 0.5) is 20.2 Å². The summed E-state index contributed by atoms with van der Waals surface area (Å²) in [5, 5.41) is 3.08. The van der Waals surface area contributed by atoms with E-state index in [-0.39, 0.29) is 5.56 Å². The van der Waals surface area contributed by atoms with Crippen molar-refractivity contribution in [3.8, 4) is 0 Å². The van der Waals surface area contributed by atoms with Crippen LogP contribution >= 0.6 is 34.2 Å². The van der Waals surface area contributed by atoms with Gasteiger partial charge < -0.3 is 10.7 Å². The summed E-state index contributed by atoms with van der Waals surface area (Å²) in [5.41, 5.74) is 1.74. The number of nitrogens with one attached hydrogen (secondary N) is 2. The maximum Gasteiger partial charge on any atom is 0.255 e. The number of benzene rings is 2. The molecule has 0 unspecified atom stereocenters. The van der Waals surface area contributed by atoms with Gasteiger partial charge in [0.05, 0.1) is 5.69 Å². The van der Waals surface area contributed by atoms with Gasteiger partial charge in [0, 0.05) is 14.2 Å². The molecule has 0 fully saturated rings. The number of hydrazine groups is 1. The highest BCUT2D eigenvalue weighted by Crippen LogP contribution is 2.24. The number of nitrogen functional groups attached to an aromatic ring is 1. The molecule has 0 bridgehead atoms. The Hall–Kier alpha value is -1.45. The SMILES string of the molecule is NNc1c(F)cc(C(=O)Nc2ccc(Cl)cc2I)cc1F. The summed E-state index contributed by atoms with van der Waals surface area (Å²) < 4.78 is 27.8. The third-order valence-electron chi connectivity index (χ3n) is 2.63. The largest absolute Gasteiger partial charge is 0.321 e.